The Kier molecular flexibility index (Phi) is 5.83. The van der Waals surface area contributed by atoms with Gasteiger partial charge in [-0.15, -0.1) is 0 Å². The number of hydrogen-bond donors (Lipinski definition) is 2. The van der Waals surface area contributed by atoms with E-state index in [4.69, 9.17) is 9.47 Å². The quantitative estimate of drug-likeness (QED) is 0.817. The van der Waals surface area contributed by atoms with Gasteiger partial charge in [-0.1, -0.05) is 12.1 Å². The highest BCUT2D eigenvalue weighted by Gasteiger charge is 2.14. The molecule has 0 spiro atoms. The minimum atomic E-state index is -0.0775. The van der Waals surface area contributed by atoms with Crippen LogP contribution in [-0.4, -0.2) is 38.8 Å². The fraction of sp³-hybridized carbons (Fsp3) is 0.533. The molecule has 1 aromatic rings. The van der Waals surface area contributed by atoms with E-state index >= 15 is 0 Å². The maximum Gasteiger partial charge on any atom is 0.246 e. The maximum atomic E-state index is 11.7. The van der Waals surface area contributed by atoms with Gasteiger partial charge in [-0.25, -0.2) is 0 Å². The molecule has 0 unspecified atom stereocenters. The number of amides is 1. The van der Waals surface area contributed by atoms with Gasteiger partial charge in [0.1, 0.15) is 12.4 Å². The largest absolute Gasteiger partial charge is 0.497 e. The fourth-order valence-corrected chi connectivity index (χ4v) is 2.19. The van der Waals surface area contributed by atoms with Crippen molar-refractivity contribution >= 4 is 5.91 Å². The predicted molar refractivity (Wildman–Crippen MR) is 76.7 cm³/mol. The lowest BCUT2D eigenvalue weighted by Crippen LogP contribution is -2.35. The summed E-state index contributed by atoms with van der Waals surface area (Å²) in [5.41, 5.74) is 1.01. The van der Waals surface area contributed by atoms with E-state index in [1.54, 1.807) is 7.11 Å². The monoisotopic (exact) mass is 278 g/mol. The van der Waals surface area contributed by atoms with Crippen molar-refractivity contribution in [2.75, 3.05) is 26.8 Å². The molecule has 20 heavy (non-hydrogen) atoms. The normalized spacial score (nSPS) is 15.8. The molecular weight excluding hydrogens is 256 g/mol. The number of carbonyl (C=O) groups is 1. The van der Waals surface area contributed by atoms with Gasteiger partial charge in [0.2, 0.25) is 5.91 Å². The number of methoxy groups -OCH3 is 1. The number of piperidine rings is 1. The lowest BCUT2D eigenvalue weighted by molar-refractivity contribution is -0.128. The van der Waals surface area contributed by atoms with Crippen LogP contribution < -0.4 is 15.4 Å². The molecule has 2 rings (SSSR count). The van der Waals surface area contributed by atoms with Crippen molar-refractivity contribution in [3.63, 3.8) is 0 Å². The van der Waals surface area contributed by atoms with E-state index in [-0.39, 0.29) is 18.6 Å². The second kappa shape index (κ2) is 7.87. The molecule has 5 nitrogen and oxygen atoms in total. The summed E-state index contributed by atoms with van der Waals surface area (Å²) in [6, 6.07) is 7.65. The number of rotatable bonds is 6. The summed E-state index contributed by atoms with van der Waals surface area (Å²) < 4.78 is 10.7. The molecule has 0 atom stereocenters. The maximum absolute atomic E-state index is 11.7. The molecule has 0 aliphatic carbocycles. The molecule has 1 saturated heterocycles. The average Bonchev–Trinajstić information content (AvgIpc) is 2.52. The summed E-state index contributed by atoms with van der Waals surface area (Å²) in [7, 11) is 1.63. The number of hydrogen-bond acceptors (Lipinski definition) is 4. The van der Waals surface area contributed by atoms with Gasteiger partial charge in [-0.3, -0.25) is 4.79 Å². The second-order valence-corrected chi connectivity index (χ2v) is 4.89. The first-order valence-electron chi connectivity index (χ1n) is 7.00. The average molecular weight is 278 g/mol. The van der Waals surface area contributed by atoms with Crippen LogP contribution in [0.2, 0.25) is 0 Å². The third-order valence-corrected chi connectivity index (χ3v) is 3.36. The molecule has 1 fully saturated rings. The summed E-state index contributed by atoms with van der Waals surface area (Å²) in [4.78, 5) is 11.7. The Labute approximate surface area is 119 Å². The first kappa shape index (κ1) is 14.8. The Hall–Kier alpha value is -1.59. The molecule has 1 aromatic carbocycles. The lowest BCUT2D eigenvalue weighted by atomic mass is 10.1. The van der Waals surface area contributed by atoms with Crippen molar-refractivity contribution in [3.8, 4) is 5.75 Å². The van der Waals surface area contributed by atoms with Gasteiger partial charge in [-0.05, 0) is 43.6 Å². The standard InChI is InChI=1S/C15H22N2O3/c1-19-14-4-2-3-12(9-14)10-17-15(18)11-20-13-5-7-16-8-6-13/h2-4,9,13,16H,5-8,10-11H2,1H3,(H,17,18). The first-order valence-corrected chi connectivity index (χ1v) is 7.00. The van der Waals surface area contributed by atoms with Crippen LogP contribution in [0.5, 0.6) is 5.75 Å². The summed E-state index contributed by atoms with van der Waals surface area (Å²) >= 11 is 0. The van der Waals surface area contributed by atoms with Crippen molar-refractivity contribution < 1.29 is 14.3 Å². The van der Waals surface area contributed by atoms with Gasteiger partial charge in [-0.2, -0.15) is 0 Å². The molecule has 1 aliphatic rings. The Bertz CT molecular complexity index is 431. The zero-order valence-electron chi connectivity index (χ0n) is 11.9. The van der Waals surface area contributed by atoms with Crippen molar-refractivity contribution in [2.24, 2.45) is 0 Å². The van der Waals surface area contributed by atoms with E-state index in [1.807, 2.05) is 24.3 Å². The van der Waals surface area contributed by atoms with Crippen LogP contribution in [0.3, 0.4) is 0 Å². The molecule has 0 aromatic heterocycles. The van der Waals surface area contributed by atoms with Crippen LogP contribution in [-0.2, 0) is 16.1 Å². The van der Waals surface area contributed by atoms with E-state index < -0.39 is 0 Å². The van der Waals surface area contributed by atoms with Crippen LogP contribution in [0.25, 0.3) is 0 Å². The zero-order chi connectivity index (χ0) is 14.2. The van der Waals surface area contributed by atoms with Gasteiger partial charge in [0, 0.05) is 6.54 Å². The number of carbonyl (C=O) groups excluding carboxylic acids is 1. The molecule has 0 saturated carbocycles. The molecule has 0 radical (unpaired) electrons. The molecule has 1 heterocycles. The molecule has 1 aliphatic heterocycles. The van der Waals surface area contributed by atoms with E-state index in [0.717, 1.165) is 37.2 Å². The highest BCUT2D eigenvalue weighted by molar-refractivity contribution is 5.77. The minimum absolute atomic E-state index is 0.0775. The Morgan fingerprint density at radius 1 is 1.40 bits per heavy atom. The van der Waals surface area contributed by atoms with Crippen LogP contribution in [0.15, 0.2) is 24.3 Å². The first-order chi connectivity index (χ1) is 9.78. The number of ether oxygens (including phenoxy) is 2. The molecule has 1 amide bonds. The number of benzene rings is 1. The smallest absolute Gasteiger partial charge is 0.246 e. The Balaban J connectivity index is 1.68. The Morgan fingerprint density at radius 2 is 2.20 bits per heavy atom. The molecule has 5 heteroatoms. The van der Waals surface area contributed by atoms with Crippen LogP contribution >= 0.6 is 0 Å². The topological polar surface area (TPSA) is 59.6 Å². The highest BCUT2D eigenvalue weighted by atomic mass is 16.5. The highest BCUT2D eigenvalue weighted by Crippen LogP contribution is 2.12. The summed E-state index contributed by atoms with van der Waals surface area (Å²) in [5, 5.41) is 6.12. The van der Waals surface area contributed by atoms with Gasteiger partial charge in [0.05, 0.1) is 13.2 Å². The zero-order valence-corrected chi connectivity index (χ0v) is 11.9. The Morgan fingerprint density at radius 3 is 2.95 bits per heavy atom. The summed E-state index contributed by atoms with van der Waals surface area (Å²) in [6.45, 7) is 2.56. The van der Waals surface area contributed by atoms with E-state index in [0.29, 0.717) is 6.54 Å². The lowest BCUT2D eigenvalue weighted by Gasteiger charge is -2.22. The summed E-state index contributed by atoms with van der Waals surface area (Å²) in [5.74, 6) is 0.717. The van der Waals surface area contributed by atoms with Gasteiger partial charge < -0.3 is 20.1 Å². The van der Waals surface area contributed by atoms with Gasteiger partial charge >= 0.3 is 0 Å². The molecule has 2 N–H and O–H groups in total. The van der Waals surface area contributed by atoms with Crippen molar-refractivity contribution in [2.45, 2.75) is 25.5 Å². The van der Waals surface area contributed by atoms with Crippen molar-refractivity contribution in [1.29, 1.82) is 0 Å². The SMILES string of the molecule is COc1cccc(CNC(=O)COC2CCNCC2)c1. The third kappa shape index (κ3) is 4.83. The van der Waals surface area contributed by atoms with E-state index in [2.05, 4.69) is 10.6 Å². The van der Waals surface area contributed by atoms with Crippen molar-refractivity contribution in [3.05, 3.63) is 29.8 Å². The summed E-state index contributed by atoms with van der Waals surface area (Å²) in [6.07, 6.45) is 2.16. The van der Waals surface area contributed by atoms with E-state index in [1.165, 1.54) is 0 Å². The van der Waals surface area contributed by atoms with Gasteiger partial charge in [0.25, 0.3) is 0 Å². The van der Waals surface area contributed by atoms with Crippen molar-refractivity contribution in [1.82, 2.24) is 10.6 Å². The van der Waals surface area contributed by atoms with E-state index in [9.17, 15) is 4.79 Å². The molecular formula is C15H22N2O3. The fourth-order valence-electron chi connectivity index (χ4n) is 2.19. The molecule has 110 valence electrons. The molecule has 0 bridgehead atoms. The minimum Gasteiger partial charge on any atom is -0.497 e. The second-order valence-electron chi connectivity index (χ2n) is 4.89. The predicted octanol–water partition coefficient (Wildman–Crippen LogP) is 1.08. The number of nitrogens with one attached hydrogen (secondary N) is 2. The van der Waals surface area contributed by atoms with Crippen LogP contribution in [0.1, 0.15) is 18.4 Å². The van der Waals surface area contributed by atoms with Crippen LogP contribution in [0, 0.1) is 0 Å². The third-order valence-electron chi connectivity index (χ3n) is 3.36. The van der Waals surface area contributed by atoms with Crippen LogP contribution in [0.4, 0.5) is 0 Å². The van der Waals surface area contributed by atoms with Gasteiger partial charge in [0.15, 0.2) is 0 Å².